The molecule has 0 radical (unpaired) electrons. The summed E-state index contributed by atoms with van der Waals surface area (Å²) in [4.78, 5) is 49.8. The molecule has 0 aliphatic carbocycles. The van der Waals surface area contributed by atoms with Crippen LogP contribution in [0.4, 0.5) is 10.5 Å². The van der Waals surface area contributed by atoms with Gasteiger partial charge in [0.25, 0.3) is 0 Å². The van der Waals surface area contributed by atoms with Gasteiger partial charge < -0.3 is 10.1 Å². The van der Waals surface area contributed by atoms with Crippen molar-refractivity contribution in [3.8, 4) is 5.75 Å². The van der Waals surface area contributed by atoms with Crippen molar-refractivity contribution in [1.29, 1.82) is 0 Å². The number of nitrogens with one attached hydrogen (secondary N) is 1. The summed E-state index contributed by atoms with van der Waals surface area (Å²) in [7, 11) is 1.49. The van der Waals surface area contributed by atoms with E-state index in [2.05, 4.69) is 5.32 Å². The number of imide groups is 2. The number of hydrogen-bond donors (Lipinski definition) is 1. The Morgan fingerprint density at radius 2 is 1.79 bits per heavy atom. The maximum absolute atomic E-state index is 12.4. The van der Waals surface area contributed by atoms with E-state index in [1.807, 2.05) is 6.92 Å². The summed E-state index contributed by atoms with van der Waals surface area (Å²) in [6.45, 7) is 3.22. The number of urea groups is 1. The van der Waals surface area contributed by atoms with Gasteiger partial charge in [-0.25, -0.2) is 14.6 Å². The quantitative estimate of drug-likeness (QED) is 0.616. The SMILES string of the molecule is CC[C@H](C)NC(=O)CN1C(=O)C(=O)N(c2ccc(OC)cc2)C1=O. The number of methoxy groups -OCH3 is 1. The van der Waals surface area contributed by atoms with E-state index >= 15 is 0 Å². The van der Waals surface area contributed by atoms with Gasteiger partial charge in [0.15, 0.2) is 0 Å². The van der Waals surface area contributed by atoms with Crippen molar-refractivity contribution in [2.75, 3.05) is 18.6 Å². The van der Waals surface area contributed by atoms with E-state index in [4.69, 9.17) is 4.74 Å². The van der Waals surface area contributed by atoms with Gasteiger partial charge >= 0.3 is 17.8 Å². The van der Waals surface area contributed by atoms with Crippen LogP contribution in [0, 0.1) is 0 Å². The summed E-state index contributed by atoms with van der Waals surface area (Å²) in [6, 6.07) is 5.19. The minimum absolute atomic E-state index is 0.0845. The average Bonchev–Trinajstić information content (AvgIpc) is 2.78. The molecule has 0 spiro atoms. The zero-order valence-corrected chi connectivity index (χ0v) is 13.7. The summed E-state index contributed by atoms with van der Waals surface area (Å²) >= 11 is 0. The lowest BCUT2D eigenvalue weighted by Gasteiger charge is -2.17. The third-order valence-corrected chi connectivity index (χ3v) is 3.71. The molecule has 5 amide bonds. The molecule has 8 heteroatoms. The fraction of sp³-hybridized carbons (Fsp3) is 0.375. The van der Waals surface area contributed by atoms with Crippen LogP contribution >= 0.6 is 0 Å². The fourth-order valence-corrected chi connectivity index (χ4v) is 2.17. The predicted octanol–water partition coefficient (Wildman–Crippen LogP) is 0.905. The number of amides is 5. The van der Waals surface area contributed by atoms with E-state index in [-0.39, 0.29) is 11.7 Å². The molecule has 1 N–H and O–H groups in total. The first-order chi connectivity index (χ1) is 11.4. The number of carbonyl (C=O) groups is 4. The van der Waals surface area contributed by atoms with Crippen LogP contribution in [0.3, 0.4) is 0 Å². The topological polar surface area (TPSA) is 96.0 Å². The Balaban J connectivity index is 2.16. The average molecular weight is 333 g/mol. The molecule has 1 fully saturated rings. The summed E-state index contributed by atoms with van der Waals surface area (Å²) in [5.41, 5.74) is 0.240. The normalized spacial score (nSPS) is 15.7. The number of anilines is 1. The van der Waals surface area contributed by atoms with Crippen molar-refractivity contribution in [2.24, 2.45) is 0 Å². The first-order valence-corrected chi connectivity index (χ1v) is 7.52. The number of rotatable bonds is 6. The second-order valence-corrected chi connectivity index (χ2v) is 5.39. The zero-order valence-electron chi connectivity index (χ0n) is 13.7. The molecule has 1 aliphatic rings. The van der Waals surface area contributed by atoms with Crippen LogP contribution in [0.1, 0.15) is 20.3 Å². The molecule has 8 nitrogen and oxygen atoms in total. The maximum Gasteiger partial charge on any atom is 0.339 e. The Bertz CT molecular complexity index is 671. The van der Waals surface area contributed by atoms with Gasteiger partial charge in [0.2, 0.25) is 5.91 Å². The van der Waals surface area contributed by atoms with E-state index in [1.54, 1.807) is 19.1 Å². The van der Waals surface area contributed by atoms with Gasteiger partial charge in [0.1, 0.15) is 12.3 Å². The highest BCUT2D eigenvalue weighted by atomic mass is 16.5. The van der Waals surface area contributed by atoms with Crippen LogP contribution in [-0.4, -0.2) is 48.3 Å². The van der Waals surface area contributed by atoms with Crippen LogP contribution in [0.25, 0.3) is 0 Å². The third kappa shape index (κ3) is 3.37. The molecule has 24 heavy (non-hydrogen) atoms. The van der Waals surface area contributed by atoms with Gasteiger partial charge in [-0.15, -0.1) is 0 Å². The smallest absolute Gasteiger partial charge is 0.339 e. The van der Waals surface area contributed by atoms with E-state index in [9.17, 15) is 19.2 Å². The minimum atomic E-state index is -1.02. The molecule has 0 aromatic heterocycles. The van der Waals surface area contributed by atoms with Crippen molar-refractivity contribution in [3.05, 3.63) is 24.3 Å². The highest BCUT2D eigenvalue weighted by Crippen LogP contribution is 2.24. The number of carbonyl (C=O) groups excluding carboxylic acids is 4. The second kappa shape index (κ2) is 7.12. The summed E-state index contributed by atoms with van der Waals surface area (Å²) < 4.78 is 5.01. The largest absolute Gasteiger partial charge is 0.497 e. The molecule has 1 aliphatic heterocycles. The van der Waals surface area contributed by atoms with Crippen LogP contribution in [0.15, 0.2) is 24.3 Å². The van der Waals surface area contributed by atoms with Crippen molar-refractivity contribution >= 4 is 29.4 Å². The minimum Gasteiger partial charge on any atom is -0.497 e. The second-order valence-electron chi connectivity index (χ2n) is 5.39. The maximum atomic E-state index is 12.4. The van der Waals surface area contributed by atoms with Crippen molar-refractivity contribution in [1.82, 2.24) is 10.2 Å². The highest BCUT2D eigenvalue weighted by molar-refractivity contribution is 6.53. The van der Waals surface area contributed by atoms with Crippen LogP contribution in [-0.2, 0) is 14.4 Å². The molecule has 1 aromatic rings. The van der Waals surface area contributed by atoms with Gasteiger partial charge in [-0.1, -0.05) is 6.92 Å². The molecule has 1 aromatic carbocycles. The Kier molecular flexibility index (Phi) is 5.18. The fourth-order valence-electron chi connectivity index (χ4n) is 2.17. The lowest BCUT2D eigenvalue weighted by atomic mass is 10.2. The standard InChI is InChI=1S/C16H19N3O5/c1-4-10(2)17-13(20)9-18-14(21)15(22)19(16(18)23)11-5-7-12(24-3)8-6-11/h5-8,10H,4,9H2,1-3H3,(H,17,20)/t10-/m0/s1. The van der Waals surface area contributed by atoms with E-state index < -0.39 is 30.3 Å². The predicted molar refractivity (Wildman–Crippen MR) is 85.5 cm³/mol. The first kappa shape index (κ1) is 17.5. The third-order valence-electron chi connectivity index (χ3n) is 3.71. The van der Waals surface area contributed by atoms with Crippen LogP contribution < -0.4 is 15.0 Å². The van der Waals surface area contributed by atoms with Crippen molar-refractivity contribution in [3.63, 3.8) is 0 Å². The Morgan fingerprint density at radius 3 is 2.33 bits per heavy atom. The van der Waals surface area contributed by atoms with Gasteiger partial charge in [-0.3, -0.25) is 14.4 Å². The van der Waals surface area contributed by atoms with Gasteiger partial charge in [0.05, 0.1) is 12.8 Å². The molecule has 1 heterocycles. The van der Waals surface area contributed by atoms with Crippen molar-refractivity contribution in [2.45, 2.75) is 26.3 Å². The first-order valence-electron chi connectivity index (χ1n) is 7.52. The van der Waals surface area contributed by atoms with Crippen LogP contribution in [0.2, 0.25) is 0 Å². The summed E-state index contributed by atoms with van der Waals surface area (Å²) in [6.07, 6.45) is 0.713. The van der Waals surface area contributed by atoms with Gasteiger partial charge in [-0.05, 0) is 37.6 Å². The van der Waals surface area contributed by atoms with Gasteiger partial charge in [-0.2, -0.15) is 0 Å². The molecular formula is C16H19N3O5. The van der Waals surface area contributed by atoms with Gasteiger partial charge in [0, 0.05) is 6.04 Å². The molecule has 128 valence electrons. The Labute approximate surface area is 139 Å². The number of ether oxygens (including phenoxy) is 1. The zero-order chi connectivity index (χ0) is 17.9. The lowest BCUT2D eigenvalue weighted by molar-refractivity contribution is -0.140. The highest BCUT2D eigenvalue weighted by Gasteiger charge is 2.46. The molecule has 0 saturated carbocycles. The summed E-state index contributed by atoms with van der Waals surface area (Å²) in [5.74, 6) is -1.94. The van der Waals surface area contributed by atoms with Crippen LogP contribution in [0.5, 0.6) is 5.75 Å². The Morgan fingerprint density at radius 1 is 1.17 bits per heavy atom. The van der Waals surface area contributed by atoms with E-state index in [0.29, 0.717) is 17.1 Å². The molecular weight excluding hydrogens is 314 g/mol. The number of nitrogens with zero attached hydrogens (tertiary/aromatic N) is 2. The summed E-state index contributed by atoms with van der Waals surface area (Å²) in [5, 5.41) is 2.65. The van der Waals surface area contributed by atoms with E-state index in [0.717, 1.165) is 4.90 Å². The molecule has 0 unspecified atom stereocenters. The monoisotopic (exact) mass is 333 g/mol. The molecule has 2 rings (SSSR count). The molecule has 0 bridgehead atoms. The van der Waals surface area contributed by atoms with E-state index in [1.165, 1.54) is 19.2 Å². The molecule has 1 saturated heterocycles. The molecule has 1 atom stereocenters. The lowest BCUT2D eigenvalue weighted by Crippen LogP contribution is -2.43. The Hall–Kier alpha value is -2.90. The van der Waals surface area contributed by atoms with Crippen molar-refractivity contribution < 1.29 is 23.9 Å². The number of benzene rings is 1. The number of hydrogen-bond acceptors (Lipinski definition) is 5.